The van der Waals surface area contributed by atoms with E-state index in [1.54, 1.807) is 5.57 Å². The second-order valence-corrected chi connectivity index (χ2v) is 12.9. The minimum atomic E-state index is -0.671. The fourth-order valence-corrected chi connectivity index (χ4v) is 6.11. The Morgan fingerprint density at radius 1 is 0.581 bits per heavy atom. The fraction of sp³-hybridized carbons (Fsp3) is 0.895. The predicted molar refractivity (Wildman–Crippen MR) is 182 cm³/mol. The lowest BCUT2D eigenvalue weighted by Gasteiger charge is -2.22. The first-order valence-corrected chi connectivity index (χ1v) is 18.7. The van der Waals surface area contributed by atoms with Crippen LogP contribution in [0.15, 0.2) is 11.6 Å². The third kappa shape index (κ3) is 30.4. The van der Waals surface area contributed by atoms with Crippen LogP contribution in [0.5, 0.6) is 0 Å². The zero-order chi connectivity index (χ0) is 31.6. The lowest BCUT2D eigenvalue weighted by Crippen LogP contribution is -2.08. The van der Waals surface area contributed by atoms with E-state index < -0.39 is 5.97 Å². The van der Waals surface area contributed by atoms with Crippen LogP contribution >= 0.6 is 0 Å². The van der Waals surface area contributed by atoms with Crippen LogP contribution in [-0.2, 0) is 14.3 Å². The first kappa shape index (κ1) is 41.6. The summed E-state index contributed by atoms with van der Waals surface area (Å²) in [7, 11) is 0. The summed E-state index contributed by atoms with van der Waals surface area (Å²) in [5.74, 6) is -0.157. The molecule has 0 radical (unpaired) electrons. The molecule has 0 rings (SSSR count). The summed E-state index contributed by atoms with van der Waals surface area (Å²) >= 11 is 0. The lowest BCUT2D eigenvalue weighted by atomic mass is 9.84. The number of aliphatic hydroxyl groups is 1. The smallest absolute Gasteiger partial charge is 0.305 e. The summed E-state index contributed by atoms with van der Waals surface area (Å²) in [6.07, 6.45) is 37.1. The molecule has 0 fully saturated rings. The van der Waals surface area contributed by atoms with Crippen molar-refractivity contribution in [3.05, 3.63) is 11.6 Å². The van der Waals surface area contributed by atoms with Gasteiger partial charge in [0.15, 0.2) is 0 Å². The van der Waals surface area contributed by atoms with Crippen LogP contribution in [0.1, 0.15) is 200 Å². The molecule has 254 valence electrons. The molecular weight excluding hydrogens is 536 g/mol. The molecule has 0 aromatic rings. The van der Waals surface area contributed by atoms with Gasteiger partial charge in [0.05, 0.1) is 6.61 Å². The molecule has 5 heteroatoms. The zero-order valence-corrected chi connectivity index (χ0v) is 28.7. The summed E-state index contributed by atoms with van der Waals surface area (Å²) in [5, 5.41) is 17.7. The van der Waals surface area contributed by atoms with Gasteiger partial charge in [-0.15, -0.1) is 0 Å². The number of aliphatic hydroxyl groups excluding tert-OH is 1. The Kier molecular flexibility index (Phi) is 32.5. The van der Waals surface area contributed by atoms with E-state index in [1.165, 1.54) is 135 Å². The Bertz CT molecular complexity index is 644. The number of rotatable bonds is 34. The Morgan fingerprint density at radius 2 is 1.02 bits per heavy atom. The van der Waals surface area contributed by atoms with Gasteiger partial charge in [-0.25, -0.2) is 0 Å². The molecule has 2 N–H and O–H groups in total. The molecule has 0 aromatic heterocycles. The van der Waals surface area contributed by atoms with Crippen LogP contribution in [0, 0.1) is 5.92 Å². The van der Waals surface area contributed by atoms with Crippen LogP contribution in [-0.4, -0.2) is 35.4 Å². The van der Waals surface area contributed by atoms with Crippen molar-refractivity contribution in [1.82, 2.24) is 0 Å². The molecule has 1 atom stereocenters. The number of esters is 1. The SMILES string of the molecule is CCCCCCCC/C=C(\CCCCCCCC(=O)OCCO)C(CCCCCCCCC)CCCCCCCC(=O)O. The van der Waals surface area contributed by atoms with Gasteiger partial charge in [-0.05, 0) is 57.3 Å². The molecule has 0 saturated carbocycles. The largest absolute Gasteiger partial charge is 0.481 e. The van der Waals surface area contributed by atoms with Crippen molar-refractivity contribution in [3.8, 4) is 0 Å². The van der Waals surface area contributed by atoms with E-state index in [4.69, 9.17) is 14.9 Å². The molecule has 1 unspecified atom stereocenters. The highest BCUT2D eigenvalue weighted by atomic mass is 16.5. The van der Waals surface area contributed by atoms with Crippen LogP contribution in [0.2, 0.25) is 0 Å². The maximum atomic E-state index is 11.7. The highest BCUT2D eigenvalue weighted by Gasteiger charge is 2.14. The van der Waals surface area contributed by atoms with Gasteiger partial charge in [-0.1, -0.05) is 147 Å². The summed E-state index contributed by atoms with van der Waals surface area (Å²) in [6, 6.07) is 0. The van der Waals surface area contributed by atoms with Crippen molar-refractivity contribution < 1.29 is 24.5 Å². The number of aliphatic carboxylic acids is 1. The third-order valence-corrected chi connectivity index (χ3v) is 8.79. The average molecular weight is 609 g/mol. The van der Waals surface area contributed by atoms with Gasteiger partial charge < -0.3 is 14.9 Å². The molecule has 0 saturated heterocycles. The Hall–Kier alpha value is -1.36. The number of carbonyl (C=O) groups excluding carboxylic acids is 1. The van der Waals surface area contributed by atoms with Crippen LogP contribution < -0.4 is 0 Å². The van der Waals surface area contributed by atoms with Gasteiger partial charge in [-0.3, -0.25) is 9.59 Å². The summed E-state index contributed by atoms with van der Waals surface area (Å²) < 4.78 is 4.96. The first-order chi connectivity index (χ1) is 21.0. The predicted octanol–water partition coefficient (Wildman–Crippen LogP) is 11.5. The number of unbranched alkanes of at least 4 members (excludes halogenated alkanes) is 20. The maximum absolute atomic E-state index is 11.7. The minimum absolute atomic E-state index is 0.104. The van der Waals surface area contributed by atoms with Crippen molar-refractivity contribution in [3.63, 3.8) is 0 Å². The quantitative estimate of drug-likeness (QED) is 0.0431. The number of ether oxygens (including phenoxy) is 1. The Balaban J connectivity index is 4.90. The van der Waals surface area contributed by atoms with E-state index in [9.17, 15) is 9.59 Å². The van der Waals surface area contributed by atoms with E-state index >= 15 is 0 Å². The number of allylic oxidation sites excluding steroid dienone is 2. The van der Waals surface area contributed by atoms with Crippen LogP contribution in [0.4, 0.5) is 0 Å². The molecule has 43 heavy (non-hydrogen) atoms. The molecular formula is C38H72O5. The van der Waals surface area contributed by atoms with Crippen molar-refractivity contribution in [1.29, 1.82) is 0 Å². The van der Waals surface area contributed by atoms with Gasteiger partial charge in [-0.2, -0.15) is 0 Å². The highest BCUT2D eigenvalue weighted by Crippen LogP contribution is 2.30. The average Bonchev–Trinajstić information content (AvgIpc) is 2.99. The van der Waals surface area contributed by atoms with E-state index in [1.807, 2.05) is 0 Å². The molecule has 0 aliphatic heterocycles. The minimum Gasteiger partial charge on any atom is -0.481 e. The van der Waals surface area contributed by atoms with Crippen molar-refractivity contribution in [2.45, 2.75) is 200 Å². The fourth-order valence-electron chi connectivity index (χ4n) is 6.11. The van der Waals surface area contributed by atoms with Gasteiger partial charge >= 0.3 is 11.9 Å². The number of carboxylic acids is 1. The number of hydrogen-bond donors (Lipinski definition) is 2. The lowest BCUT2D eigenvalue weighted by molar-refractivity contribution is -0.144. The molecule has 0 spiro atoms. The summed E-state index contributed by atoms with van der Waals surface area (Å²) in [6.45, 7) is 4.57. The van der Waals surface area contributed by atoms with E-state index in [0.717, 1.165) is 38.5 Å². The summed E-state index contributed by atoms with van der Waals surface area (Å²) in [5.41, 5.74) is 1.72. The molecule has 5 nitrogen and oxygen atoms in total. The zero-order valence-electron chi connectivity index (χ0n) is 28.7. The highest BCUT2D eigenvalue weighted by molar-refractivity contribution is 5.69. The number of hydrogen-bond acceptors (Lipinski definition) is 4. The molecule has 0 amide bonds. The standard InChI is InChI=1S/C38H72O5/c1-3-5-7-9-11-15-21-27-35(29-23-17-13-19-25-31-37(40)41)36(28-22-16-12-10-8-6-4-2)30-24-18-14-20-26-32-38(42)43-34-33-39/h28,35,39H,3-27,29-34H2,1-2H3,(H,40,41)/b36-28+. The van der Waals surface area contributed by atoms with Gasteiger partial charge in [0.25, 0.3) is 0 Å². The Morgan fingerprint density at radius 3 is 1.53 bits per heavy atom. The molecule has 0 aromatic carbocycles. The van der Waals surface area contributed by atoms with Crippen molar-refractivity contribution in [2.24, 2.45) is 5.92 Å². The normalized spacial score (nSPS) is 12.5. The second-order valence-electron chi connectivity index (χ2n) is 12.9. The first-order valence-electron chi connectivity index (χ1n) is 18.7. The van der Waals surface area contributed by atoms with Gasteiger partial charge in [0.1, 0.15) is 6.61 Å². The second kappa shape index (κ2) is 33.5. The topological polar surface area (TPSA) is 83.8 Å². The molecule has 0 aliphatic carbocycles. The van der Waals surface area contributed by atoms with Crippen molar-refractivity contribution in [2.75, 3.05) is 13.2 Å². The molecule has 0 aliphatic rings. The van der Waals surface area contributed by atoms with E-state index in [2.05, 4.69) is 19.9 Å². The number of carbonyl (C=O) groups is 2. The van der Waals surface area contributed by atoms with Crippen molar-refractivity contribution >= 4 is 11.9 Å². The van der Waals surface area contributed by atoms with Crippen LogP contribution in [0.3, 0.4) is 0 Å². The Labute approximate surface area is 267 Å². The van der Waals surface area contributed by atoms with E-state index in [-0.39, 0.29) is 19.2 Å². The van der Waals surface area contributed by atoms with Crippen LogP contribution in [0.25, 0.3) is 0 Å². The molecule has 0 bridgehead atoms. The van der Waals surface area contributed by atoms with Gasteiger partial charge in [0.2, 0.25) is 0 Å². The number of carboxylic acid groups (broad SMARTS) is 1. The van der Waals surface area contributed by atoms with Gasteiger partial charge in [0, 0.05) is 12.8 Å². The van der Waals surface area contributed by atoms with E-state index in [0.29, 0.717) is 18.8 Å². The maximum Gasteiger partial charge on any atom is 0.305 e. The summed E-state index contributed by atoms with van der Waals surface area (Å²) in [4.78, 5) is 22.5. The molecule has 0 heterocycles. The monoisotopic (exact) mass is 609 g/mol. The third-order valence-electron chi connectivity index (χ3n) is 8.79.